The molecule has 144 valence electrons. The number of nitro groups is 1. The summed E-state index contributed by atoms with van der Waals surface area (Å²) in [5.41, 5.74) is 1.72. The Balaban J connectivity index is 0.00000261. The van der Waals surface area contributed by atoms with Gasteiger partial charge in [0.15, 0.2) is 5.78 Å². The van der Waals surface area contributed by atoms with Gasteiger partial charge in [-0.3, -0.25) is 19.8 Å². The van der Waals surface area contributed by atoms with Gasteiger partial charge in [-0.15, -0.1) is 12.4 Å². The average Bonchev–Trinajstić information content (AvgIpc) is 2.68. The van der Waals surface area contributed by atoms with Gasteiger partial charge in [-0.2, -0.15) is 0 Å². The van der Waals surface area contributed by atoms with Crippen LogP contribution in [0.2, 0.25) is 0 Å². The van der Waals surface area contributed by atoms with Crippen LogP contribution in [0.3, 0.4) is 0 Å². The first-order valence-electron chi connectivity index (χ1n) is 9.19. The second-order valence-corrected chi connectivity index (χ2v) is 6.86. The minimum Gasteiger partial charge on any atom is -0.300 e. The molecule has 1 heterocycles. The van der Waals surface area contributed by atoms with E-state index in [4.69, 9.17) is 0 Å². The number of likely N-dealkylation sites (tertiary alicyclic amines) is 1. The van der Waals surface area contributed by atoms with Crippen molar-refractivity contribution in [1.29, 1.82) is 0 Å². The molecular weight excluding hydrogens is 364 g/mol. The third-order valence-corrected chi connectivity index (χ3v) is 5.07. The van der Waals surface area contributed by atoms with Crippen LogP contribution in [-0.4, -0.2) is 34.7 Å². The van der Waals surface area contributed by atoms with E-state index in [0.717, 1.165) is 25.8 Å². The number of non-ortho nitro benzene ring substituents is 1. The van der Waals surface area contributed by atoms with Crippen molar-refractivity contribution in [1.82, 2.24) is 4.90 Å². The lowest BCUT2D eigenvalue weighted by Crippen LogP contribution is -2.41. The van der Waals surface area contributed by atoms with Gasteiger partial charge in [0.25, 0.3) is 5.69 Å². The molecule has 0 aromatic heterocycles. The van der Waals surface area contributed by atoms with Gasteiger partial charge < -0.3 is 0 Å². The summed E-state index contributed by atoms with van der Waals surface area (Å²) in [7, 11) is 0. The number of hydrogen-bond donors (Lipinski definition) is 0. The molecule has 1 aliphatic rings. The number of carbonyl (C=O) groups is 1. The lowest BCUT2D eigenvalue weighted by molar-refractivity contribution is -0.384. The molecule has 1 atom stereocenters. The Labute approximate surface area is 165 Å². The summed E-state index contributed by atoms with van der Waals surface area (Å²) in [6.45, 7) is 1.72. The summed E-state index contributed by atoms with van der Waals surface area (Å²) >= 11 is 0. The van der Waals surface area contributed by atoms with Gasteiger partial charge in [-0.05, 0) is 31.4 Å². The predicted molar refractivity (Wildman–Crippen MR) is 109 cm³/mol. The van der Waals surface area contributed by atoms with Crippen molar-refractivity contribution in [3.63, 3.8) is 0 Å². The predicted octanol–water partition coefficient (Wildman–Crippen LogP) is 4.69. The summed E-state index contributed by atoms with van der Waals surface area (Å²) in [5, 5.41) is 10.9. The van der Waals surface area contributed by atoms with Crippen molar-refractivity contribution < 1.29 is 9.72 Å². The van der Waals surface area contributed by atoms with E-state index >= 15 is 0 Å². The zero-order valence-corrected chi connectivity index (χ0v) is 16.1. The molecule has 6 heteroatoms. The minimum absolute atomic E-state index is 0. The van der Waals surface area contributed by atoms with E-state index in [-0.39, 0.29) is 23.9 Å². The highest BCUT2D eigenvalue weighted by Gasteiger charge is 2.23. The molecule has 3 rings (SSSR count). The monoisotopic (exact) mass is 388 g/mol. The fraction of sp³-hybridized carbons (Fsp3) is 0.381. The van der Waals surface area contributed by atoms with Crippen LogP contribution < -0.4 is 0 Å². The highest BCUT2D eigenvalue weighted by Crippen LogP contribution is 2.22. The second kappa shape index (κ2) is 10.2. The van der Waals surface area contributed by atoms with E-state index in [1.54, 1.807) is 12.1 Å². The number of Topliss-reactive ketones (excluding diaryl/α,β-unsaturated/α-hetero) is 1. The number of rotatable bonds is 7. The fourth-order valence-corrected chi connectivity index (χ4v) is 3.65. The Hall–Kier alpha value is -2.24. The molecule has 1 saturated heterocycles. The summed E-state index contributed by atoms with van der Waals surface area (Å²) in [6, 6.07) is 16.9. The molecule has 0 radical (unpaired) electrons. The number of piperidine rings is 1. The number of hydrogen-bond acceptors (Lipinski definition) is 4. The van der Waals surface area contributed by atoms with Gasteiger partial charge in [0.1, 0.15) is 0 Å². The standard InChI is InChI=1S/C21H24N2O3.ClH/c24-21(18-9-6-11-20(16-18)23(25)26)12-14-22-13-5-4-10-19(22)15-17-7-2-1-3-8-17;/h1-3,6-9,11,16,19H,4-5,10,12-15H2;1H. The summed E-state index contributed by atoms with van der Waals surface area (Å²) in [4.78, 5) is 25.3. The number of nitrogens with zero attached hydrogens (tertiary/aromatic N) is 2. The maximum atomic E-state index is 12.5. The van der Waals surface area contributed by atoms with Crippen LogP contribution in [0.15, 0.2) is 54.6 Å². The maximum absolute atomic E-state index is 12.5. The highest BCUT2D eigenvalue weighted by molar-refractivity contribution is 5.96. The molecule has 0 bridgehead atoms. The first kappa shape index (κ1) is 21.1. The normalized spacial score (nSPS) is 17.1. The molecule has 2 aromatic carbocycles. The zero-order chi connectivity index (χ0) is 18.4. The number of ketones is 1. The number of nitro benzene ring substituents is 1. The number of benzene rings is 2. The lowest BCUT2D eigenvalue weighted by Gasteiger charge is -2.35. The van der Waals surface area contributed by atoms with Gasteiger partial charge in [-0.1, -0.05) is 48.9 Å². The molecule has 0 aliphatic carbocycles. The van der Waals surface area contributed by atoms with Crippen LogP contribution in [0.25, 0.3) is 0 Å². The quantitative estimate of drug-likeness (QED) is 0.392. The minimum atomic E-state index is -0.461. The number of carbonyl (C=O) groups excluding carboxylic acids is 1. The Morgan fingerprint density at radius 2 is 1.89 bits per heavy atom. The van der Waals surface area contributed by atoms with Gasteiger partial charge in [0, 0.05) is 36.7 Å². The molecular formula is C21H25ClN2O3. The smallest absolute Gasteiger partial charge is 0.270 e. The molecule has 0 N–H and O–H groups in total. The Morgan fingerprint density at radius 3 is 2.63 bits per heavy atom. The molecule has 1 unspecified atom stereocenters. The third-order valence-electron chi connectivity index (χ3n) is 5.07. The molecule has 0 saturated carbocycles. The number of halogens is 1. The van der Waals surface area contributed by atoms with Crippen molar-refractivity contribution in [2.24, 2.45) is 0 Å². The van der Waals surface area contributed by atoms with Crippen molar-refractivity contribution in [2.45, 2.75) is 38.1 Å². The Morgan fingerprint density at radius 1 is 1.11 bits per heavy atom. The first-order valence-corrected chi connectivity index (χ1v) is 9.19. The average molecular weight is 389 g/mol. The van der Waals surface area contributed by atoms with Crippen LogP contribution in [0.4, 0.5) is 5.69 Å². The molecule has 1 fully saturated rings. The second-order valence-electron chi connectivity index (χ2n) is 6.86. The van der Waals surface area contributed by atoms with E-state index < -0.39 is 4.92 Å². The van der Waals surface area contributed by atoms with Crippen LogP contribution in [0.1, 0.15) is 41.6 Å². The summed E-state index contributed by atoms with van der Waals surface area (Å²) in [6.07, 6.45) is 4.95. The maximum Gasteiger partial charge on any atom is 0.270 e. The SMILES string of the molecule is Cl.O=C(CCN1CCCCC1Cc1ccccc1)c1cccc([N+](=O)[O-])c1. The van der Waals surface area contributed by atoms with Gasteiger partial charge >= 0.3 is 0 Å². The van der Waals surface area contributed by atoms with Gasteiger partial charge in [-0.25, -0.2) is 0 Å². The lowest BCUT2D eigenvalue weighted by atomic mass is 9.95. The Kier molecular flexibility index (Phi) is 7.95. The van der Waals surface area contributed by atoms with E-state index in [1.807, 2.05) is 6.07 Å². The topological polar surface area (TPSA) is 63.5 Å². The highest BCUT2D eigenvalue weighted by atomic mass is 35.5. The van der Waals surface area contributed by atoms with E-state index in [0.29, 0.717) is 24.6 Å². The van der Waals surface area contributed by atoms with Crippen LogP contribution in [-0.2, 0) is 6.42 Å². The molecule has 0 spiro atoms. The van der Waals surface area contributed by atoms with E-state index in [1.165, 1.54) is 24.1 Å². The van der Waals surface area contributed by atoms with Crippen LogP contribution in [0, 0.1) is 10.1 Å². The van der Waals surface area contributed by atoms with Crippen molar-refractivity contribution in [2.75, 3.05) is 13.1 Å². The van der Waals surface area contributed by atoms with Crippen molar-refractivity contribution in [3.05, 3.63) is 75.8 Å². The van der Waals surface area contributed by atoms with E-state index in [9.17, 15) is 14.9 Å². The fourth-order valence-electron chi connectivity index (χ4n) is 3.65. The molecule has 1 aliphatic heterocycles. The first-order chi connectivity index (χ1) is 12.6. The van der Waals surface area contributed by atoms with Gasteiger partial charge in [0.2, 0.25) is 0 Å². The molecule has 5 nitrogen and oxygen atoms in total. The van der Waals surface area contributed by atoms with Crippen molar-refractivity contribution >= 4 is 23.9 Å². The third kappa shape index (κ3) is 5.88. The van der Waals surface area contributed by atoms with E-state index in [2.05, 4.69) is 29.2 Å². The van der Waals surface area contributed by atoms with Gasteiger partial charge in [0.05, 0.1) is 4.92 Å². The van der Waals surface area contributed by atoms with Crippen molar-refractivity contribution in [3.8, 4) is 0 Å². The molecule has 27 heavy (non-hydrogen) atoms. The largest absolute Gasteiger partial charge is 0.300 e. The molecule has 0 amide bonds. The summed E-state index contributed by atoms with van der Waals surface area (Å²) < 4.78 is 0. The van der Waals surface area contributed by atoms with Crippen LogP contribution in [0.5, 0.6) is 0 Å². The Bertz CT molecular complexity index is 767. The molecule has 2 aromatic rings. The zero-order valence-electron chi connectivity index (χ0n) is 15.3. The summed E-state index contributed by atoms with van der Waals surface area (Å²) in [5.74, 6) is -0.0299. The van der Waals surface area contributed by atoms with Crippen LogP contribution >= 0.6 is 12.4 Å².